The number of carbonyl (C=O) groups is 1. The van der Waals surface area contributed by atoms with Gasteiger partial charge in [-0.15, -0.1) is 0 Å². The van der Waals surface area contributed by atoms with Crippen LogP contribution in [-0.4, -0.2) is 48.2 Å². The van der Waals surface area contributed by atoms with E-state index in [2.05, 4.69) is 31.1 Å². The highest BCUT2D eigenvalue weighted by molar-refractivity contribution is 7.92. The minimum Gasteiger partial charge on any atom is -0.375 e. The minimum absolute atomic E-state index is 0.0422. The molecule has 0 aliphatic carbocycles. The lowest BCUT2D eigenvalue weighted by atomic mass is 10.3. The Kier molecular flexibility index (Phi) is 6.21. The number of rotatable bonds is 8. The summed E-state index contributed by atoms with van der Waals surface area (Å²) in [7, 11) is -2.43. The summed E-state index contributed by atoms with van der Waals surface area (Å²) < 4.78 is 34.2. The second-order valence-electron chi connectivity index (χ2n) is 5.70. The molecule has 0 radical (unpaired) electrons. The number of hydrogen-bond donors (Lipinski definition) is 4. The minimum atomic E-state index is -3.84. The Bertz CT molecular complexity index is 1160. The number of H-pyrrole nitrogens is 1. The van der Waals surface area contributed by atoms with Crippen LogP contribution in [0.15, 0.2) is 53.4 Å². The highest BCUT2D eigenvalue weighted by Gasteiger charge is 2.15. The lowest BCUT2D eigenvalue weighted by Crippen LogP contribution is -2.32. The second kappa shape index (κ2) is 8.81. The summed E-state index contributed by atoms with van der Waals surface area (Å²) in [6, 6.07) is 12.5. The first-order valence-corrected chi connectivity index (χ1v) is 10.1. The number of nitrogens with zero attached hydrogens (tertiary/aromatic N) is 3. The van der Waals surface area contributed by atoms with Crippen LogP contribution < -0.4 is 15.6 Å². The zero-order valence-electron chi connectivity index (χ0n) is 15.1. The monoisotopic (exact) mass is 435 g/mol. The normalized spacial score (nSPS) is 11.1. The number of tetrazole rings is 1. The van der Waals surface area contributed by atoms with E-state index in [0.29, 0.717) is 17.1 Å². The van der Waals surface area contributed by atoms with Crippen LogP contribution in [0.2, 0.25) is 0 Å². The number of sulfonamides is 1. The number of benzene rings is 2. The molecular weight excluding hydrogens is 418 g/mol. The Balaban J connectivity index is 1.72. The molecule has 0 aliphatic heterocycles. The van der Waals surface area contributed by atoms with Crippen LogP contribution >= 0.6 is 12.2 Å². The van der Waals surface area contributed by atoms with Crippen LogP contribution in [0.1, 0.15) is 0 Å². The van der Waals surface area contributed by atoms with E-state index >= 15 is 0 Å². The zero-order chi connectivity index (χ0) is 20.9. The fourth-order valence-corrected chi connectivity index (χ4v) is 3.58. The van der Waals surface area contributed by atoms with Crippen molar-refractivity contribution < 1.29 is 17.9 Å². The number of anilines is 2. The van der Waals surface area contributed by atoms with Gasteiger partial charge >= 0.3 is 0 Å². The number of aromatic nitrogens is 4. The van der Waals surface area contributed by atoms with Crippen molar-refractivity contribution in [3.8, 4) is 5.69 Å². The van der Waals surface area contributed by atoms with Crippen molar-refractivity contribution in [2.24, 2.45) is 0 Å². The van der Waals surface area contributed by atoms with E-state index in [9.17, 15) is 13.2 Å². The summed E-state index contributed by atoms with van der Waals surface area (Å²) in [5.74, 6) is -0.343. The van der Waals surface area contributed by atoms with Gasteiger partial charge in [-0.25, -0.2) is 13.1 Å². The molecule has 1 heterocycles. The molecular formula is C16H17N7O4S2. The first-order chi connectivity index (χ1) is 13.9. The van der Waals surface area contributed by atoms with Gasteiger partial charge in [-0.2, -0.15) is 5.21 Å². The van der Waals surface area contributed by atoms with E-state index in [1.54, 1.807) is 36.4 Å². The summed E-state index contributed by atoms with van der Waals surface area (Å²) in [5, 5.41) is 9.82. The second-order valence-corrected chi connectivity index (χ2v) is 7.75. The molecule has 3 aromatic rings. The maximum absolute atomic E-state index is 12.7. The molecule has 1 aromatic heterocycles. The Hall–Kier alpha value is -3.29. The van der Waals surface area contributed by atoms with Crippen LogP contribution in [0, 0.1) is 4.77 Å². The SMILES string of the molecule is COCC(=O)NNc1ccc(NS(=O)(=O)c2cccc(-n3[nH]nnc3=S)c2)cc1. The topological polar surface area (TPSA) is 143 Å². The number of carbonyl (C=O) groups excluding carboxylic acids is 1. The Morgan fingerprint density at radius 2 is 1.93 bits per heavy atom. The molecule has 0 fully saturated rings. The highest BCUT2D eigenvalue weighted by Crippen LogP contribution is 2.20. The molecule has 11 nitrogen and oxygen atoms in total. The van der Waals surface area contributed by atoms with Crippen molar-refractivity contribution in [2.45, 2.75) is 4.90 Å². The predicted octanol–water partition coefficient (Wildman–Crippen LogP) is 1.22. The lowest BCUT2D eigenvalue weighted by Gasteiger charge is -2.11. The molecule has 13 heteroatoms. The maximum Gasteiger partial charge on any atom is 0.264 e. The quantitative estimate of drug-likeness (QED) is 0.305. The molecule has 3 rings (SSSR count). The molecule has 152 valence electrons. The third-order valence-electron chi connectivity index (χ3n) is 3.62. The van der Waals surface area contributed by atoms with Crippen molar-refractivity contribution in [1.82, 2.24) is 25.6 Å². The summed E-state index contributed by atoms with van der Waals surface area (Å²) in [5.41, 5.74) is 6.54. The number of nitrogens with one attached hydrogen (secondary N) is 4. The molecule has 0 aliphatic rings. The third kappa shape index (κ3) is 5.16. The first kappa shape index (κ1) is 20.4. The van der Waals surface area contributed by atoms with Gasteiger partial charge in [0.1, 0.15) is 6.61 Å². The van der Waals surface area contributed by atoms with Crippen molar-refractivity contribution in [1.29, 1.82) is 0 Å². The fraction of sp³-hybridized carbons (Fsp3) is 0.125. The molecule has 0 saturated carbocycles. The molecule has 0 spiro atoms. The first-order valence-electron chi connectivity index (χ1n) is 8.16. The Labute approximate surface area is 171 Å². The number of aromatic amines is 1. The van der Waals surface area contributed by atoms with Crippen LogP contribution in [0.3, 0.4) is 0 Å². The fourth-order valence-electron chi connectivity index (χ4n) is 2.30. The van der Waals surface area contributed by atoms with Gasteiger partial charge in [0.15, 0.2) is 0 Å². The van der Waals surface area contributed by atoms with E-state index in [-0.39, 0.29) is 22.2 Å². The van der Waals surface area contributed by atoms with Crippen LogP contribution in [0.25, 0.3) is 5.69 Å². The molecule has 1 amide bonds. The zero-order valence-corrected chi connectivity index (χ0v) is 16.8. The van der Waals surface area contributed by atoms with Crippen LogP contribution in [0.4, 0.5) is 11.4 Å². The van der Waals surface area contributed by atoms with E-state index in [0.717, 1.165) is 0 Å². The van der Waals surface area contributed by atoms with Crippen LogP contribution in [0.5, 0.6) is 0 Å². The largest absolute Gasteiger partial charge is 0.375 e. The van der Waals surface area contributed by atoms with Crippen molar-refractivity contribution in [3.63, 3.8) is 0 Å². The van der Waals surface area contributed by atoms with E-state index < -0.39 is 10.0 Å². The summed E-state index contributed by atoms with van der Waals surface area (Å²) in [6.45, 7) is -0.0796. The number of hydrogen-bond acceptors (Lipinski definition) is 8. The van der Waals surface area contributed by atoms with Gasteiger partial charge in [0, 0.05) is 12.8 Å². The average Bonchev–Trinajstić information content (AvgIpc) is 3.13. The molecule has 0 saturated heterocycles. The lowest BCUT2D eigenvalue weighted by molar-refractivity contribution is -0.124. The number of ether oxygens (including phenoxy) is 1. The van der Waals surface area contributed by atoms with Crippen molar-refractivity contribution in [2.75, 3.05) is 23.9 Å². The van der Waals surface area contributed by atoms with Crippen LogP contribution in [-0.2, 0) is 19.6 Å². The summed E-state index contributed by atoms with van der Waals surface area (Å²) in [6.07, 6.45) is 0. The van der Waals surface area contributed by atoms with Gasteiger partial charge in [0.25, 0.3) is 15.9 Å². The molecule has 0 unspecified atom stereocenters. The van der Waals surface area contributed by atoms with Gasteiger partial charge in [-0.3, -0.25) is 20.4 Å². The molecule has 4 N–H and O–H groups in total. The van der Waals surface area contributed by atoms with E-state index in [1.807, 2.05) is 0 Å². The smallest absolute Gasteiger partial charge is 0.264 e. The van der Waals surface area contributed by atoms with Gasteiger partial charge < -0.3 is 4.74 Å². The highest BCUT2D eigenvalue weighted by atomic mass is 32.2. The van der Waals surface area contributed by atoms with Gasteiger partial charge in [-0.1, -0.05) is 16.4 Å². The van der Waals surface area contributed by atoms with Gasteiger partial charge in [-0.05, 0) is 54.7 Å². The van der Waals surface area contributed by atoms with E-state index in [1.165, 1.54) is 23.9 Å². The summed E-state index contributed by atoms with van der Waals surface area (Å²) in [4.78, 5) is 11.4. The van der Waals surface area contributed by atoms with Crippen molar-refractivity contribution >= 4 is 39.5 Å². The van der Waals surface area contributed by atoms with Gasteiger partial charge in [0.05, 0.1) is 16.3 Å². The maximum atomic E-state index is 12.7. The average molecular weight is 435 g/mol. The standard InChI is InChI=1S/C16H17N7O4S2/c1-27-10-15(24)18-17-11-5-7-12(8-6-11)20-29(25,26)14-4-2-3-13(9-14)23-16(28)19-21-22-23/h2-9,17,20H,10H2,1H3,(H,18,24)(H,19,22,28). The number of amides is 1. The van der Waals surface area contributed by atoms with Gasteiger partial charge in [0.2, 0.25) is 4.77 Å². The molecule has 29 heavy (non-hydrogen) atoms. The molecule has 0 atom stereocenters. The summed E-state index contributed by atoms with van der Waals surface area (Å²) >= 11 is 5.03. The third-order valence-corrected chi connectivity index (χ3v) is 5.26. The molecule has 2 aromatic carbocycles. The Morgan fingerprint density at radius 1 is 1.21 bits per heavy atom. The Morgan fingerprint density at radius 3 is 2.59 bits per heavy atom. The number of methoxy groups -OCH3 is 1. The van der Waals surface area contributed by atoms with Crippen molar-refractivity contribution in [3.05, 3.63) is 53.3 Å². The number of hydrazine groups is 1. The molecule has 0 bridgehead atoms. The van der Waals surface area contributed by atoms with E-state index in [4.69, 9.17) is 17.0 Å². The predicted molar refractivity (Wildman–Crippen MR) is 107 cm³/mol.